The Morgan fingerprint density at radius 3 is 1.96 bits per heavy atom. The number of nitrogens with zero attached hydrogens (tertiary/aromatic N) is 2. The second-order valence-corrected chi connectivity index (χ2v) is 7.59. The van der Waals surface area contributed by atoms with Gasteiger partial charge in [0.05, 0.1) is 22.5 Å². The summed E-state index contributed by atoms with van der Waals surface area (Å²) in [6.45, 7) is 0. The number of hydrogen-bond donors (Lipinski definition) is 1. The molecule has 1 aromatic heterocycles. The topological polar surface area (TPSA) is 54.6 Å². The first-order chi connectivity index (χ1) is 12.0. The average molecular weight is 460 g/mol. The minimum absolute atomic E-state index is 0.0421. The highest BCUT2D eigenvalue weighted by Gasteiger charge is 2.35. The summed E-state index contributed by atoms with van der Waals surface area (Å²) < 4.78 is 3.53. The van der Waals surface area contributed by atoms with Gasteiger partial charge in [-0.1, -0.05) is 56.1 Å². The Hall–Kier alpha value is -2.18. The number of carbonyl (C=O) groups is 1. The van der Waals surface area contributed by atoms with E-state index in [4.69, 9.17) is 0 Å². The lowest BCUT2D eigenvalue weighted by Gasteiger charge is -2.07. The minimum Gasteiger partial charge on any atom is -0.494 e. The third kappa shape index (κ3) is 2.56. The second kappa shape index (κ2) is 5.97. The molecule has 0 radical (unpaired) electrons. The molecule has 4 nitrogen and oxygen atoms in total. The van der Waals surface area contributed by atoms with Gasteiger partial charge in [0, 0.05) is 21.6 Å². The first-order valence-electron chi connectivity index (χ1n) is 7.54. The van der Waals surface area contributed by atoms with Crippen molar-refractivity contribution in [3.63, 3.8) is 0 Å². The maximum Gasteiger partial charge on any atom is 0.280 e. The number of halogens is 2. The van der Waals surface area contributed by atoms with Gasteiger partial charge < -0.3 is 9.67 Å². The van der Waals surface area contributed by atoms with Gasteiger partial charge in [-0.2, -0.15) is 0 Å². The van der Waals surface area contributed by atoms with Crippen LogP contribution in [-0.2, 0) is 7.05 Å². The van der Waals surface area contributed by atoms with Gasteiger partial charge in [-0.3, -0.25) is 4.79 Å². The van der Waals surface area contributed by atoms with Crippen LogP contribution in [-0.4, -0.2) is 21.3 Å². The summed E-state index contributed by atoms with van der Waals surface area (Å²) in [4.78, 5) is 16.8. The van der Waals surface area contributed by atoms with Crippen molar-refractivity contribution in [2.45, 2.75) is 0 Å². The standard InChI is InChI=1S/C19H12Br2N2O2/c1-23-17(11-4-8-13(21)9-5-11)15-14(19(23)25)16(22-18(15)24)10-2-6-12(20)7-3-10/h2-9,25H,1H3. The van der Waals surface area contributed by atoms with Crippen LogP contribution in [0.4, 0.5) is 0 Å². The van der Waals surface area contributed by atoms with Crippen LogP contribution in [0.5, 0.6) is 5.88 Å². The van der Waals surface area contributed by atoms with Gasteiger partial charge in [-0.05, 0) is 29.8 Å². The van der Waals surface area contributed by atoms with Gasteiger partial charge in [0.15, 0.2) is 0 Å². The van der Waals surface area contributed by atoms with E-state index >= 15 is 0 Å². The molecule has 4 rings (SSSR count). The number of aromatic nitrogens is 1. The van der Waals surface area contributed by atoms with E-state index in [1.165, 1.54) is 0 Å². The van der Waals surface area contributed by atoms with Crippen molar-refractivity contribution in [2.75, 3.05) is 0 Å². The lowest BCUT2D eigenvalue weighted by molar-refractivity contribution is 0.101. The number of rotatable bonds is 2. The van der Waals surface area contributed by atoms with E-state index in [-0.39, 0.29) is 11.8 Å². The molecule has 0 bridgehead atoms. The summed E-state index contributed by atoms with van der Waals surface area (Å²) >= 11 is 6.81. The summed E-state index contributed by atoms with van der Waals surface area (Å²) in [5.41, 5.74) is 3.75. The molecule has 2 heterocycles. The molecule has 6 heteroatoms. The van der Waals surface area contributed by atoms with Crippen molar-refractivity contribution in [3.8, 4) is 17.1 Å². The maximum absolute atomic E-state index is 12.6. The van der Waals surface area contributed by atoms with Crippen LogP contribution in [0.25, 0.3) is 11.3 Å². The molecule has 3 aromatic rings. The van der Waals surface area contributed by atoms with Crippen molar-refractivity contribution in [1.29, 1.82) is 0 Å². The molecule has 0 aliphatic carbocycles. The third-order valence-electron chi connectivity index (χ3n) is 4.26. The highest BCUT2D eigenvalue weighted by molar-refractivity contribution is 9.10. The molecule has 0 atom stereocenters. The predicted octanol–water partition coefficient (Wildman–Crippen LogP) is 4.91. The molecule has 0 spiro atoms. The monoisotopic (exact) mass is 458 g/mol. The number of aromatic hydroxyl groups is 1. The van der Waals surface area contributed by atoms with Gasteiger partial charge in [0.2, 0.25) is 5.88 Å². The summed E-state index contributed by atoms with van der Waals surface area (Å²) in [6.07, 6.45) is 0. The Kier molecular flexibility index (Phi) is 3.89. The molecule has 2 aromatic carbocycles. The molecule has 0 fully saturated rings. The van der Waals surface area contributed by atoms with E-state index in [2.05, 4.69) is 36.9 Å². The van der Waals surface area contributed by atoms with Crippen LogP contribution in [0.1, 0.15) is 21.5 Å². The molecular formula is C19H12Br2N2O2. The van der Waals surface area contributed by atoms with Crippen LogP contribution >= 0.6 is 31.9 Å². The number of aliphatic imine (C=N–C) groups is 1. The molecule has 1 aliphatic heterocycles. The summed E-state index contributed by atoms with van der Waals surface area (Å²) in [5, 5.41) is 10.7. The SMILES string of the molecule is Cn1c(O)c2c(c1-c1ccc(Br)cc1)C(=O)N=C2c1ccc(Br)cc1. The van der Waals surface area contributed by atoms with Gasteiger partial charge >= 0.3 is 0 Å². The van der Waals surface area contributed by atoms with E-state index in [1.54, 1.807) is 11.6 Å². The average Bonchev–Trinajstić information content (AvgIpc) is 3.06. The van der Waals surface area contributed by atoms with Gasteiger partial charge in [-0.25, -0.2) is 4.99 Å². The number of benzene rings is 2. The molecule has 124 valence electrons. The maximum atomic E-state index is 12.6. The molecule has 1 N–H and O–H groups in total. The fourth-order valence-corrected chi connectivity index (χ4v) is 3.61. The fourth-order valence-electron chi connectivity index (χ4n) is 3.08. The Bertz CT molecular complexity index is 1030. The zero-order chi connectivity index (χ0) is 17.7. The van der Waals surface area contributed by atoms with Crippen molar-refractivity contribution in [2.24, 2.45) is 12.0 Å². The van der Waals surface area contributed by atoms with E-state index in [0.717, 1.165) is 20.1 Å². The molecule has 1 aliphatic rings. The molecule has 0 unspecified atom stereocenters. The van der Waals surface area contributed by atoms with Crippen LogP contribution in [0, 0.1) is 0 Å². The van der Waals surface area contributed by atoms with E-state index in [0.29, 0.717) is 22.5 Å². The lowest BCUT2D eigenvalue weighted by atomic mass is 10.0. The third-order valence-corrected chi connectivity index (χ3v) is 5.32. The summed E-state index contributed by atoms with van der Waals surface area (Å²) in [7, 11) is 1.75. The number of hydrogen-bond acceptors (Lipinski definition) is 2. The Morgan fingerprint density at radius 1 is 0.880 bits per heavy atom. The summed E-state index contributed by atoms with van der Waals surface area (Å²) in [5.74, 6) is -0.290. The van der Waals surface area contributed by atoms with Crippen LogP contribution in [0.2, 0.25) is 0 Å². The van der Waals surface area contributed by atoms with E-state index < -0.39 is 0 Å². The largest absolute Gasteiger partial charge is 0.494 e. The zero-order valence-corrected chi connectivity index (χ0v) is 16.3. The Balaban J connectivity index is 1.93. The predicted molar refractivity (Wildman–Crippen MR) is 104 cm³/mol. The molecular weight excluding hydrogens is 448 g/mol. The number of fused-ring (bicyclic) bond motifs is 1. The minimum atomic E-state index is -0.332. The van der Waals surface area contributed by atoms with Crippen molar-refractivity contribution < 1.29 is 9.90 Å². The van der Waals surface area contributed by atoms with Crippen LogP contribution in [0.15, 0.2) is 62.5 Å². The van der Waals surface area contributed by atoms with E-state index in [9.17, 15) is 9.90 Å². The van der Waals surface area contributed by atoms with Gasteiger partial charge in [0.1, 0.15) is 0 Å². The van der Waals surface area contributed by atoms with Crippen LogP contribution < -0.4 is 0 Å². The highest BCUT2D eigenvalue weighted by Crippen LogP contribution is 2.40. The zero-order valence-electron chi connectivity index (χ0n) is 13.1. The van der Waals surface area contributed by atoms with Crippen LogP contribution in [0.3, 0.4) is 0 Å². The van der Waals surface area contributed by atoms with Gasteiger partial charge in [-0.15, -0.1) is 0 Å². The molecule has 0 saturated heterocycles. The Morgan fingerprint density at radius 2 is 1.40 bits per heavy atom. The number of amides is 1. The normalized spacial score (nSPS) is 13.1. The van der Waals surface area contributed by atoms with E-state index in [1.807, 2.05) is 48.5 Å². The van der Waals surface area contributed by atoms with Crippen molar-refractivity contribution in [3.05, 3.63) is 74.2 Å². The second-order valence-electron chi connectivity index (χ2n) is 5.76. The highest BCUT2D eigenvalue weighted by atomic mass is 79.9. The molecule has 25 heavy (non-hydrogen) atoms. The first kappa shape index (κ1) is 16.3. The van der Waals surface area contributed by atoms with Crippen molar-refractivity contribution in [1.82, 2.24) is 4.57 Å². The fraction of sp³-hybridized carbons (Fsp3) is 0.0526. The quantitative estimate of drug-likeness (QED) is 0.591. The lowest BCUT2D eigenvalue weighted by Crippen LogP contribution is -2.00. The summed E-state index contributed by atoms with van der Waals surface area (Å²) in [6, 6.07) is 15.1. The number of carbonyl (C=O) groups excluding carboxylic acids is 1. The van der Waals surface area contributed by atoms with Crippen molar-refractivity contribution >= 4 is 43.5 Å². The molecule has 0 saturated carbocycles. The first-order valence-corrected chi connectivity index (χ1v) is 9.13. The Labute approximate surface area is 161 Å². The van der Waals surface area contributed by atoms with Gasteiger partial charge in [0.25, 0.3) is 5.91 Å². The smallest absolute Gasteiger partial charge is 0.280 e. The molecule has 1 amide bonds.